The molecule has 1 saturated carbocycles. The first kappa shape index (κ1) is 15.7. The van der Waals surface area contributed by atoms with Crippen LogP contribution in [0.5, 0.6) is 0 Å². The van der Waals surface area contributed by atoms with Crippen LogP contribution in [0.15, 0.2) is 0 Å². The zero-order chi connectivity index (χ0) is 14.3. The van der Waals surface area contributed by atoms with Crippen molar-refractivity contribution in [2.75, 3.05) is 13.2 Å². The predicted octanol–water partition coefficient (Wildman–Crippen LogP) is 2.07. The number of urea groups is 1. The number of rotatable bonds is 6. The monoisotopic (exact) mass is 274 g/mol. The van der Waals surface area contributed by atoms with Crippen LogP contribution in [0.25, 0.3) is 0 Å². The smallest absolute Gasteiger partial charge is 0.329 e. The number of carboxylic acids is 1. The fourth-order valence-corrected chi connectivity index (χ4v) is 2.50. The van der Waals surface area contributed by atoms with Gasteiger partial charge >= 0.3 is 12.0 Å². The molecule has 0 aromatic carbocycles. The molecule has 0 aromatic rings. The van der Waals surface area contributed by atoms with Gasteiger partial charge in [0, 0.05) is 6.54 Å². The van der Waals surface area contributed by atoms with Crippen LogP contribution < -0.4 is 10.6 Å². The topological polar surface area (TPSA) is 78.4 Å². The molecule has 5 nitrogen and oxygen atoms in total. The molecule has 0 bridgehead atoms. The van der Waals surface area contributed by atoms with Crippen LogP contribution in [0.3, 0.4) is 0 Å². The van der Waals surface area contributed by atoms with Crippen LogP contribution in [-0.2, 0) is 4.79 Å². The van der Waals surface area contributed by atoms with E-state index in [-0.39, 0.29) is 13.0 Å². The van der Waals surface area contributed by atoms with Gasteiger partial charge in [0.15, 0.2) is 0 Å². The number of nitrogens with one attached hydrogen (secondary N) is 2. The average Bonchev–Trinajstić information content (AvgIpc) is 2.39. The molecule has 0 heterocycles. The maximum atomic E-state index is 11.9. The summed E-state index contributed by atoms with van der Waals surface area (Å²) in [7, 11) is 0. The van der Waals surface area contributed by atoms with Crippen molar-refractivity contribution in [1.29, 1.82) is 0 Å². The van der Waals surface area contributed by atoms with Gasteiger partial charge in [-0.05, 0) is 38.0 Å². The number of carbonyl (C=O) groups is 2. The molecule has 0 saturated heterocycles. The minimum atomic E-state index is -1.16. The summed E-state index contributed by atoms with van der Waals surface area (Å²) in [6.45, 7) is 1.81. The maximum absolute atomic E-state index is 11.9. The number of carboxylic acid groups (broad SMARTS) is 1. The van der Waals surface area contributed by atoms with Gasteiger partial charge in [-0.15, -0.1) is 0 Å². The van der Waals surface area contributed by atoms with Gasteiger partial charge in [-0.2, -0.15) is 0 Å². The first-order valence-electron chi connectivity index (χ1n) is 6.89. The highest BCUT2D eigenvalue weighted by Gasteiger charge is 2.42. The number of hydrogen-bond acceptors (Lipinski definition) is 2. The lowest BCUT2D eigenvalue weighted by atomic mass is 9.75. The lowest BCUT2D eigenvalue weighted by Gasteiger charge is -2.37. The molecule has 1 fully saturated rings. The fourth-order valence-electron chi connectivity index (χ4n) is 2.50. The van der Waals surface area contributed by atoms with E-state index in [1.807, 2.05) is 0 Å². The van der Waals surface area contributed by atoms with E-state index in [0.717, 1.165) is 19.3 Å². The van der Waals surface area contributed by atoms with Crippen molar-refractivity contribution < 1.29 is 19.1 Å². The van der Waals surface area contributed by atoms with Crippen molar-refractivity contribution in [3.8, 4) is 0 Å². The molecule has 1 rings (SSSR count). The third-order valence-corrected chi connectivity index (χ3v) is 3.89. The number of halogens is 1. The van der Waals surface area contributed by atoms with Crippen LogP contribution >= 0.6 is 0 Å². The normalized spacial score (nSPS) is 26.7. The largest absolute Gasteiger partial charge is 0.480 e. The molecule has 6 heteroatoms. The molecule has 0 aromatic heterocycles. The Labute approximate surface area is 112 Å². The van der Waals surface area contributed by atoms with Crippen molar-refractivity contribution in [2.45, 2.75) is 51.0 Å². The zero-order valence-corrected chi connectivity index (χ0v) is 11.4. The molecule has 1 aliphatic carbocycles. The Morgan fingerprint density at radius 2 is 2.00 bits per heavy atom. The van der Waals surface area contributed by atoms with Crippen LogP contribution in [0, 0.1) is 5.92 Å². The third-order valence-electron chi connectivity index (χ3n) is 3.89. The van der Waals surface area contributed by atoms with E-state index in [0.29, 0.717) is 18.8 Å². The Morgan fingerprint density at radius 3 is 2.47 bits per heavy atom. The molecule has 3 N–H and O–H groups in total. The molecule has 0 atom stereocenters. The number of aliphatic carboxylic acids is 1. The van der Waals surface area contributed by atoms with Crippen LogP contribution in [-0.4, -0.2) is 35.9 Å². The Morgan fingerprint density at radius 1 is 1.37 bits per heavy atom. The van der Waals surface area contributed by atoms with E-state index in [4.69, 9.17) is 0 Å². The summed E-state index contributed by atoms with van der Waals surface area (Å²) in [5.74, 6) is -0.438. The SMILES string of the molecule is CCC1CCC(NC(=O)NCCCF)(C(=O)O)CC1. The Hall–Kier alpha value is -1.33. The Bertz CT molecular complexity index is 315. The molecular weight excluding hydrogens is 251 g/mol. The van der Waals surface area contributed by atoms with E-state index in [1.165, 1.54) is 0 Å². The highest BCUT2D eigenvalue weighted by Crippen LogP contribution is 2.33. The second-order valence-electron chi connectivity index (χ2n) is 5.16. The van der Waals surface area contributed by atoms with Crippen LogP contribution in [0.2, 0.25) is 0 Å². The van der Waals surface area contributed by atoms with Crippen molar-refractivity contribution in [2.24, 2.45) is 5.92 Å². The molecule has 19 heavy (non-hydrogen) atoms. The Balaban J connectivity index is 2.53. The van der Waals surface area contributed by atoms with Gasteiger partial charge in [0.05, 0.1) is 6.67 Å². The van der Waals surface area contributed by atoms with Crippen LogP contribution in [0.1, 0.15) is 45.4 Å². The number of alkyl halides is 1. The average molecular weight is 274 g/mol. The van der Waals surface area contributed by atoms with Gasteiger partial charge in [-0.25, -0.2) is 9.59 Å². The summed E-state index contributed by atoms with van der Waals surface area (Å²) >= 11 is 0. The second kappa shape index (κ2) is 7.31. The van der Waals surface area contributed by atoms with Crippen molar-refractivity contribution in [3.05, 3.63) is 0 Å². The highest BCUT2D eigenvalue weighted by atomic mass is 19.1. The molecule has 0 unspecified atom stereocenters. The summed E-state index contributed by atoms with van der Waals surface area (Å²) in [6, 6.07) is -0.522. The number of hydrogen-bond donors (Lipinski definition) is 3. The molecule has 1 aliphatic rings. The first-order chi connectivity index (χ1) is 9.04. The molecular formula is C13H23FN2O3. The van der Waals surface area contributed by atoms with Crippen LogP contribution in [0.4, 0.5) is 9.18 Å². The maximum Gasteiger partial charge on any atom is 0.329 e. The quantitative estimate of drug-likeness (QED) is 0.649. The van der Waals surface area contributed by atoms with E-state index in [1.54, 1.807) is 0 Å². The molecule has 110 valence electrons. The Kier molecular flexibility index (Phi) is 6.05. The summed E-state index contributed by atoms with van der Waals surface area (Å²) in [6.07, 6.45) is 3.82. The molecule has 0 radical (unpaired) electrons. The molecule has 0 spiro atoms. The standard InChI is InChI=1S/C13H23FN2O3/c1-2-10-4-6-13(7-5-10,11(17)18)16-12(19)15-9-3-8-14/h10H,2-9H2,1H3,(H,17,18)(H2,15,16,19). The van der Waals surface area contributed by atoms with Crippen molar-refractivity contribution in [3.63, 3.8) is 0 Å². The summed E-state index contributed by atoms with van der Waals surface area (Å²) in [5.41, 5.74) is -1.16. The lowest BCUT2D eigenvalue weighted by molar-refractivity contribution is -0.146. The van der Waals surface area contributed by atoms with Crippen molar-refractivity contribution in [1.82, 2.24) is 10.6 Å². The van der Waals surface area contributed by atoms with Crippen molar-refractivity contribution >= 4 is 12.0 Å². The van der Waals surface area contributed by atoms with Gasteiger partial charge < -0.3 is 15.7 Å². The van der Waals surface area contributed by atoms with Gasteiger partial charge in [0.25, 0.3) is 0 Å². The van der Waals surface area contributed by atoms with E-state index < -0.39 is 24.2 Å². The molecule has 2 amide bonds. The zero-order valence-electron chi connectivity index (χ0n) is 11.4. The van der Waals surface area contributed by atoms with E-state index in [9.17, 15) is 19.1 Å². The minimum absolute atomic E-state index is 0.218. The number of carbonyl (C=O) groups excluding carboxylic acids is 1. The van der Waals surface area contributed by atoms with Gasteiger partial charge in [0.1, 0.15) is 5.54 Å². The van der Waals surface area contributed by atoms with Gasteiger partial charge in [-0.1, -0.05) is 13.3 Å². The van der Waals surface area contributed by atoms with Gasteiger partial charge in [-0.3, -0.25) is 4.39 Å². The predicted molar refractivity (Wildman–Crippen MR) is 69.7 cm³/mol. The van der Waals surface area contributed by atoms with Gasteiger partial charge in [0.2, 0.25) is 0 Å². The first-order valence-corrected chi connectivity index (χ1v) is 6.89. The highest BCUT2D eigenvalue weighted by molar-refractivity contribution is 5.86. The third kappa shape index (κ3) is 4.36. The summed E-state index contributed by atoms with van der Waals surface area (Å²) in [4.78, 5) is 23.1. The summed E-state index contributed by atoms with van der Waals surface area (Å²) in [5, 5.41) is 14.4. The fraction of sp³-hybridized carbons (Fsp3) is 0.846. The molecule has 0 aliphatic heterocycles. The lowest BCUT2D eigenvalue weighted by Crippen LogP contribution is -2.58. The minimum Gasteiger partial charge on any atom is -0.480 e. The van der Waals surface area contributed by atoms with E-state index in [2.05, 4.69) is 17.6 Å². The summed E-state index contributed by atoms with van der Waals surface area (Å²) < 4.78 is 11.9. The second-order valence-corrected chi connectivity index (χ2v) is 5.16. The van der Waals surface area contributed by atoms with E-state index >= 15 is 0 Å². The number of amides is 2.